The molecule has 2 N–H and O–H groups in total. The Balaban J connectivity index is 0.000000120. The number of nitrogens with zero attached hydrogens (tertiary/aromatic N) is 6. The van der Waals surface area contributed by atoms with Gasteiger partial charge in [0.15, 0.2) is 50.5 Å². The minimum absolute atomic E-state index is 0.109. The molecular formula is C59H37BrN6O19. The highest BCUT2D eigenvalue weighted by molar-refractivity contribution is 9.09. The molecule has 0 spiro atoms. The molecule has 0 bridgehead atoms. The molecule has 2 aromatic carbocycles. The molecule has 7 aromatic heterocycles. The van der Waals surface area contributed by atoms with Crippen molar-refractivity contribution in [3.63, 3.8) is 0 Å². The van der Waals surface area contributed by atoms with E-state index in [9.17, 15) is 47.9 Å². The van der Waals surface area contributed by atoms with Gasteiger partial charge in [0.2, 0.25) is 6.29 Å². The number of carboxylic acids is 1. The number of rotatable bonds is 2. The van der Waals surface area contributed by atoms with Gasteiger partial charge in [0.25, 0.3) is 0 Å². The summed E-state index contributed by atoms with van der Waals surface area (Å²) in [5.74, 6) is -4.42. The topological polar surface area (TPSA) is 357 Å². The molecule has 5 aliphatic heterocycles. The zero-order valence-electron chi connectivity index (χ0n) is 43.5. The SMILES string of the molecule is COC(=O)c1ncccc1C(=O)O.O=C1OC(=O)c2ncccc21.O=C1OC(Br)c2cccnc21.O=C1OC(O)c2cccnc21.O=C1OCc2ccccc21.O=C1OCc2cccnc21.O=C1c2ccccc2-c2oc(=O)c3ncccc3c21. The zero-order chi connectivity index (χ0) is 60.3. The van der Waals surface area contributed by atoms with E-state index >= 15 is 0 Å². The van der Waals surface area contributed by atoms with E-state index in [0.29, 0.717) is 63.6 Å². The number of hydrogen-bond donors (Lipinski definition) is 2. The second-order valence-electron chi connectivity index (χ2n) is 17.3. The smallest absolute Gasteiger partial charge is 0.365 e. The molecule has 25 nitrogen and oxygen atoms in total. The minimum Gasteiger partial charge on any atom is -0.478 e. The number of aliphatic hydroxyl groups excluding tert-OH is 1. The number of carboxylic acid groups (broad SMARTS) is 1. The summed E-state index contributed by atoms with van der Waals surface area (Å²) in [5.41, 5.74) is 6.28. The Morgan fingerprint density at radius 1 is 0.529 bits per heavy atom. The van der Waals surface area contributed by atoms with Crippen LogP contribution in [0.5, 0.6) is 0 Å². The first-order chi connectivity index (χ1) is 41.1. The lowest BCUT2D eigenvalue weighted by Crippen LogP contribution is -2.11. The largest absolute Gasteiger partial charge is 0.478 e. The predicted octanol–water partition coefficient (Wildman–Crippen LogP) is 7.36. The maximum absolute atomic E-state index is 12.4. The fraction of sp³-hybridized carbons (Fsp3) is 0.0847. The van der Waals surface area contributed by atoms with E-state index < -0.39 is 41.8 Å². The number of aliphatic hydroxyl groups is 1. The maximum atomic E-state index is 12.4. The van der Waals surface area contributed by atoms with Gasteiger partial charge in [-0.2, -0.15) is 0 Å². The molecule has 0 saturated carbocycles. The molecule has 12 heterocycles. The Hall–Kier alpha value is -11.4. The van der Waals surface area contributed by atoms with Gasteiger partial charge in [-0.15, -0.1) is 0 Å². The van der Waals surface area contributed by atoms with Crippen molar-refractivity contribution in [2.75, 3.05) is 7.11 Å². The Labute approximate surface area is 484 Å². The molecular weight excluding hydrogens is 1180 g/mol. The third kappa shape index (κ3) is 12.7. The number of esters is 7. The average molecular weight is 1210 g/mol. The lowest BCUT2D eigenvalue weighted by Gasteiger charge is -2.01. The summed E-state index contributed by atoms with van der Waals surface area (Å²) in [6.45, 7) is 0.816. The fourth-order valence-corrected chi connectivity index (χ4v) is 8.82. The summed E-state index contributed by atoms with van der Waals surface area (Å²) in [5, 5.41) is 18.0. The van der Waals surface area contributed by atoms with E-state index in [1.807, 2.05) is 36.4 Å². The number of benzene rings is 2. The molecule has 0 saturated heterocycles. The summed E-state index contributed by atoms with van der Waals surface area (Å²) >= 11 is 3.19. The van der Waals surface area contributed by atoms with Crippen molar-refractivity contribution in [1.82, 2.24) is 29.9 Å². The maximum Gasteiger partial charge on any atom is 0.365 e. The van der Waals surface area contributed by atoms with E-state index in [0.717, 1.165) is 16.7 Å². The van der Waals surface area contributed by atoms with Crippen molar-refractivity contribution in [2.45, 2.75) is 24.5 Å². The molecule has 0 radical (unpaired) electrons. The van der Waals surface area contributed by atoms with Gasteiger partial charge in [0.1, 0.15) is 13.2 Å². The number of hydrogen-bond acceptors (Lipinski definition) is 24. The number of halogens is 1. The predicted molar refractivity (Wildman–Crippen MR) is 291 cm³/mol. The Bertz CT molecular complexity index is 4090. The average Bonchev–Trinajstić information content (AvgIpc) is 2.26. The van der Waals surface area contributed by atoms with Crippen molar-refractivity contribution in [1.29, 1.82) is 0 Å². The molecule has 26 heteroatoms. The highest BCUT2D eigenvalue weighted by Gasteiger charge is 2.34. The van der Waals surface area contributed by atoms with Gasteiger partial charge < -0.3 is 43.1 Å². The minimum atomic E-state index is -1.20. The second kappa shape index (κ2) is 26.0. The van der Waals surface area contributed by atoms with Crippen LogP contribution < -0.4 is 5.63 Å². The molecule has 2 unspecified atom stereocenters. The first-order valence-electron chi connectivity index (χ1n) is 24.6. The summed E-state index contributed by atoms with van der Waals surface area (Å²) in [6, 6.07) is 34.3. The third-order valence-corrected chi connectivity index (χ3v) is 12.9. The van der Waals surface area contributed by atoms with Gasteiger partial charge in [-0.25, -0.2) is 73.1 Å². The quantitative estimate of drug-likeness (QED) is 0.0738. The summed E-state index contributed by atoms with van der Waals surface area (Å²) in [6.07, 6.45) is 7.80. The van der Waals surface area contributed by atoms with E-state index in [1.165, 1.54) is 50.1 Å². The van der Waals surface area contributed by atoms with E-state index in [1.54, 1.807) is 79.1 Å². The van der Waals surface area contributed by atoms with E-state index in [4.69, 9.17) is 28.8 Å². The van der Waals surface area contributed by atoms with Gasteiger partial charge in [0.05, 0.1) is 34.9 Å². The van der Waals surface area contributed by atoms with E-state index in [-0.39, 0.29) is 62.4 Å². The zero-order valence-corrected chi connectivity index (χ0v) is 45.1. The lowest BCUT2D eigenvalue weighted by molar-refractivity contribution is -0.0548. The van der Waals surface area contributed by atoms with Gasteiger partial charge in [-0.05, 0) is 76.6 Å². The fourth-order valence-electron chi connectivity index (χ4n) is 8.28. The molecule has 15 rings (SSSR count). The number of ether oxygens (including phenoxy) is 6. The molecule has 6 aliphatic rings. The van der Waals surface area contributed by atoms with Crippen LogP contribution in [0.1, 0.15) is 133 Å². The number of carbonyl (C=O) groups is 9. The summed E-state index contributed by atoms with van der Waals surface area (Å²) in [4.78, 5) is 134. The summed E-state index contributed by atoms with van der Waals surface area (Å²) < 4.78 is 32.8. The molecule has 85 heavy (non-hydrogen) atoms. The number of alkyl halides is 1. The number of methoxy groups -OCH3 is 1. The molecule has 9 aromatic rings. The number of aromatic carboxylic acids is 1. The number of carbonyl (C=O) groups excluding carboxylic acids is 8. The Kier molecular flexibility index (Phi) is 17.8. The van der Waals surface area contributed by atoms with Crippen LogP contribution in [0, 0.1) is 0 Å². The van der Waals surface area contributed by atoms with Crippen molar-refractivity contribution in [3.8, 4) is 11.3 Å². The lowest BCUT2D eigenvalue weighted by atomic mass is 10.1. The standard InChI is InChI=1S/C15H7NO3.C8H7NO4.C8H6O2.C7H4BrNO2.C7H5NO3.C7H3NO3.C7H5NO2/c17-13-8-4-1-2-5-9(8)14-11(13)10-6-3-7-16-12(10)15(18)19-14;1-13-8(12)6-5(7(10)11)3-2-4-9-6;9-8-7-4-2-1-3-6(7)5-10-8;8-6-4-2-1-3-9-5(4)7(10)11-6;2*9-6-4-2-1-3-8-5(4)7(10)11-6;9-7-6-5(4-10-7)2-1-3-8-6/h1-7H;2-4H,1H3,(H,10,11);1-4H,5H2;1-3,6H;1-3,6,9H;1-3H;1-3H,4H2. The molecule has 0 amide bonds. The Morgan fingerprint density at radius 3 is 1.74 bits per heavy atom. The molecule has 0 fully saturated rings. The highest BCUT2D eigenvalue weighted by atomic mass is 79.9. The van der Waals surface area contributed by atoms with Crippen LogP contribution in [0.2, 0.25) is 0 Å². The van der Waals surface area contributed by atoms with Crippen molar-refractivity contribution >= 4 is 80.4 Å². The van der Waals surface area contributed by atoms with Crippen LogP contribution in [0.3, 0.4) is 0 Å². The van der Waals surface area contributed by atoms with Gasteiger partial charge >= 0.3 is 53.4 Å². The van der Waals surface area contributed by atoms with Crippen LogP contribution in [-0.4, -0.2) is 101 Å². The van der Waals surface area contributed by atoms with Gasteiger partial charge in [-0.3, -0.25) is 4.79 Å². The second-order valence-corrected chi connectivity index (χ2v) is 18.2. The first-order valence-corrected chi connectivity index (χ1v) is 25.5. The van der Waals surface area contributed by atoms with Gasteiger partial charge in [0, 0.05) is 70.4 Å². The van der Waals surface area contributed by atoms with Gasteiger partial charge in [-0.1, -0.05) is 60.7 Å². The molecule has 1 aliphatic carbocycles. The van der Waals surface area contributed by atoms with Crippen molar-refractivity contribution < 1.29 is 86.2 Å². The number of ketones is 1. The number of fused-ring (bicyclic) bond motifs is 10. The number of aromatic nitrogens is 6. The molecule has 424 valence electrons. The summed E-state index contributed by atoms with van der Waals surface area (Å²) in [7, 11) is 1.17. The Morgan fingerprint density at radius 2 is 1.07 bits per heavy atom. The monoisotopic (exact) mass is 1210 g/mol. The molecule has 2 atom stereocenters. The third-order valence-electron chi connectivity index (χ3n) is 12.2. The van der Waals surface area contributed by atoms with Crippen molar-refractivity contribution in [2.24, 2.45) is 0 Å². The highest BCUT2D eigenvalue weighted by Crippen LogP contribution is 2.39. The van der Waals surface area contributed by atoms with Crippen molar-refractivity contribution in [3.05, 3.63) is 247 Å². The van der Waals surface area contributed by atoms with Crippen LogP contribution >= 0.6 is 15.9 Å². The van der Waals surface area contributed by atoms with Crippen LogP contribution in [0.4, 0.5) is 0 Å². The normalized spacial score (nSPS) is 15.0. The van der Waals surface area contributed by atoms with Crippen LogP contribution in [-0.2, 0) is 41.6 Å². The van der Waals surface area contributed by atoms with Crippen LogP contribution in [0.15, 0.2) is 168 Å². The van der Waals surface area contributed by atoms with E-state index in [2.05, 4.69) is 60.0 Å². The number of cyclic esters (lactones) is 6. The van der Waals surface area contributed by atoms with Crippen LogP contribution in [0.25, 0.3) is 22.2 Å². The number of pyridine rings is 6. The first kappa shape index (κ1) is 58.3.